The first-order valence-corrected chi connectivity index (χ1v) is 7.75. The summed E-state index contributed by atoms with van der Waals surface area (Å²) in [4.78, 5) is 0. The molecule has 0 aliphatic carbocycles. The van der Waals surface area contributed by atoms with Crippen molar-refractivity contribution in [3.05, 3.63) is 23.8 Å². The monoisotopic (exact) mass is 309 g/mol. The molecule has 1 aliphatic rings. The van der Waals surface area contributed by atoms with Gasteiger partial charge in [-0.2, -0.15) is 13.2 Å². The molecule has 0 amide bonds. The van der Waals surface area contributed by atoms with Crippen LogP contribution in [0.2, 0.25) is 0 Å². The number of anilines is 1. The molecular formula is C12H14F3NO3S. The molecule has 4 nitrogen and oxygen atoms in total. The van der Waals surface area contributed by atoms with Crippen LogP contribution in [0.5, 0.6) is 5.75 Å². The highest BCUT2D eigenvalue weighted by molar-refractivity contribution is 7.91. The van der Waals surface area contributed by atoms with Crippen molar-refractivity contribution in [3.63, 3.8) is 0 Å². The summed E-state index contributed by atoms with van der Waals surface area (Å²) in [5.41, 5.74) is -0.985. The number of halogens is 3. The maximum atomic E-state index is 13.0. The van der Waals surface area contributed by atoms with Crippen LogP contribution in [-0.2, 0) is 16.0 Å². The van der Waals surface area contributed by atoms with Crippen molar-refractivity contribution >= 4 is 15.5 Å². The van der Waals surface area contributed by atoms with Gasteiger partial charge in [-0.15, -0.1) is 0 Å². The van der Waals surface area contributed by atoms with E-state index in [1.165, 1.54) is 19.2 Å². The molecule has 1 aromatic rings. The molecule has 1 saturated heterocycles. The Bertz CT molecular complexity index is 598. The highest BCUT2D eigenvalue weighted by atomic mass is 32.2. The van der Waals surface area contributed by atoms with Gasteiger partial charge in [-0.3, -0.25) is 0 Å². The van der Waals surface area contributed by atoms with Crippen LogP contribution >= 0.6 is 0 Å². The number of methoxy groups -OCH3 is 1. The third kappa shape index (κ3) is 3.36. The summed E-state index contributed by atoms with van der Waals surface area (Å²) in [5, 5.41) is 2.67. The summed E-state index contributed by atoms with van der Waals surface area (Å²) >= 11 is 0. The van der Waals surface area contributed by atoms with Gasteiger partial charge in [-0.05, 0) is 24.6 Å². The Hall–Kier alpha value is -1.44. The van der Waals surface area contributed by atoms with Crippen molar-refractivity contribution in [2.75, 3.05) is 23.9 Å². The molecular weight excluding hydrogens is 295 g/mol. The summed E-state index contributed by atoms with van der Waals surface area (Å²) < 4.78 is 66.4. The van der Waals surface area contributed by atoms with Gasteiger partial charge in [0.25, 0.3) is 0 Å². The lowest BCUT2D eigenvalue weighted by Crippen LogP contribution is -2.22. The van der Waals surface area contributed by atoms with Gasteiger partial charge in [0.05, 0.1) is 24.2 Å². The normalized spacial score (nSPS) is 21.7. The Morgan fingerprint density at radius 1 is 1.35 bits per heavy atom. The maximum absolute atomic E-state index is 13.0. The smallest absolute Gasteiger partial charge is 0.418 e. The quantitative estimate of drug-likeness (QED) is 0.931. The van der Waals surface area contributed by atoms with Gasteiger partial charge in [-0.1, -0.05) is 0 Å². The first-order valence-electron chi connectivity index (χ1n) is 5.93. The summed E-state index contributed by atoms with van der Waals surface area (Å²) in [6, 6.07) is 3.06. The van der Waals surface area contributed by atoms with Gasteiger partial charge in [0.1, 0.15) is 5.75 Å². The van der Waals surface area contributed by atoms with Crippen molar-refractivity contribution in [1.29, 1.82) is 0 Å². The van der Waals surface area contributed by atoms with E-state index in [9.17, 15) is 21.6 Å². The lowest BCUT2D eigenvalue weighted by Gasteiger charge is -2.18. The third-order valence-corrected chi connectivity index (χ3v) is 4.89. The van der Waals surface area contributed by atoms with E-state index < -0.39 is 27.6 Å². The standard InChI is InChI=1S/C12H14F3NO3S/c1-19-9-2-3-11(10(6-9)12(13,14)15)16-8-4-5-20(17,18)7-8/h2-3,6,8,16H,4-5,7H2,1H3. The number of alkyl halides is 3. The summed E-state index contributed by atoms with van der Waals surface area (Å²) in [6.07, 6.45) is -4.22. The van der Waals surface area contributed by atoms with E-state index >= 15 is 0 Å². The Morgan fingerprint density at radius 2 is 2.05 bits per heavy atom. The molecule has 1 aromatic carbocycles. The minimum absolute atomic E-state index is 0.00216. The van der Waals surface area contributed by atoms with Crippen molar-refractivity contribution in [2.24, 2.45) is 0 Å². The summed E-state index contributed by atoms with van der Waals surface area (Å²) in [5.74, 6) is -0.0414. The van der Waals surface area contributed by atoms with E-state index in [0.717, 1.165) is 6.07 Å². The number of ether oxygens (including phenoxy) is 1. The van der Waals surface area contributed by atoms with Crippen LogP contribution in [0.3, 0.4) is 0 Å². The fourth-order valence-corrected chi connectivity index (χ4v) is 3.81. The van der Waals surface area contributed by atoms with E-state index in [2.05, 4.69) is 5.32 Å². The van der Waals surface area contributed by atoms with Crippen molar-refractivity contribution < 1.29 is 26.3 Å². The van der Waals surface area contributed by atoms with E-state index in [1.54, 1.807) is 0 Å². The number of benzene rings is 1. The lowest BCUT2D eigenvalue weighted by molar-refractivity contribution is -0.137. The zero-order chi connectivity index (χ0) is 15.0. The molecule has 0 radical (unpaired) electrons. The molecule has 1 fully saturated rings. The third-order valence-electron chi connectivity index (χ3n) is 3.12. The second-order valence-electron chi connectivity index (χ2n) is 4.65. The van der Waals surface area contributed by atoms with Crippen LogP contribution in [0.15, 0.2) is 18.2 Å². The summed E-state index contributed by atoms with van der Waals surface area (Å²) in [7, 11) is -1.86. The van der Waals surface area contributed by atoms with Crippen LogP contribution in [0.4, 0.5) is 18.9 Å². The molecule has 0 saturated carbocycles. The average Bonchev–Trinajstić information content (AvgIpc) is 2.68. The zero-order valence-corrected chi connectivity index (χ0v) is 11.5. The van der Waals surface area contributed by atoms with Crippen LogP contribution in [0, 0.1) is 0 Å². The van der Waals surface area contributed by atoms with Gasteiger partial charge in [-0.25, -0.2) is 8.42 Å². The topological polar surface area (TPSA) is 55.4 Å². The molecule has 0 bridgehead atoms. The SMILES string of the molecule is COc1ccc(NC2CCS(=O)(=O)C2)c(C(F)(F)F)c1. The molecule has 0 aromatic heterocycles. The van der Waals surface area contributed by atoms with Crippen LogP contribution in [-0.4, -0.2) is 33.1 Å². The first kappa shape index (κ1) is 15.0. The number of nitrogens with one attached hydrogen (secondary N) is 1. The maximum Gasteiger partial charge on any atom is 0.418 e. The Balaban J connectivity index is 2.27. The van der Waals surface area contributed by atoms with E-state index in [4.69, 9.17) is 4.74 Å². The zero-order valence-electron chi connectivity index (χ0n) is 10.7. The highest BCUT2D eigenvalue weighted by Crippen LogP contribution is 2.37. The Labute approximate surface area is 114 Å². The molecule has 1 N–H and O–H groups in total. The lowest BCUT2D eigenvalue weighted by atomic mass is 10.1. The molecule has 8 heteroatoms. The molecule has 1 heterocycles. The van der Waals surface area contributed by atoms with Gasteiger partial charge in [0, 0.05) is 11.7 Å². The number of hydrogen-bond acceptors (Lipinski definition) is 4. The van der Waals surface area contributed by atoms with E-state index in [1.807, 2.05) is 0 Å². The van der Waals surface area contributed by atoms with Crippen LogP contribution in [0.1, 0.15) is 12.0 Å². The largest absolute Gasteiger partial charge is 0.497 e. The predicted octanol–water partition coefficient (Wildman–Crippen LogP) is 2.31. The Morgan fingerprint density at radius 3 is 2.55 bits per heavy atom. The first-order chi connectivity index (χ1) is 9.21. The number of rotatable bonds is 3. The second kappa shape index (κ2) is 5.16. The minimum atomic E-state index is -4.53. The van der Waals surface area contributed by atoms with E-state index in [0.29, 0.717) is 6.42 Å². The molecule has 112 valence electrons. The van der Waals surface area contributed by atoms with Gasteiger partial charge >= 0.3 is 6.18 Å². The van der Waals surface area contributed by atoms with Crippen LogP contribution < -0.4 is 10.1 Å². The van der Waals surface area contributed by atoms with Crippen LogP contribution in [0.25, 0.3) is 0 Å². The molecule has 2 rings (SSSR count). The van der Waals surface area contributed by atoms with Crippen molar-refractivity contribution in [2.45, 2.75) is 18.6 Å². The number of hydrogen-bond donors (Lipinski definition) is 1. The molecule has 0 spiro atoms. The average molecular weight is 309 g/mol. The molecule has 20 heavy (non-hydrogen) atoms. The fourth-order valence-electron chi connectivity index (χ4n) is 2.14. The predicted molar refractivity (Wildman–Crippen MR) is 68.7 cm³/mol. The van der Waals surface area contributed by atoms with Gasteiger partial charge in [0.2, 0.25) is 0 Å². The molecule has 1 aliphatic heterocycles. The van der Waals surface area contributed by atoms with Crippen molar-refractivity contribution in [3.8, 4) is 5.75 Å². The van der Waals surface area contributed by atoms with Gasteiger partial charge < -0.3 is 10.1 Å². The summed E-state index contributed by atoms with van der Waals surface area (Å²) in [6.45, 7) is 0. The Kier molecular flexibility index (Phi) is 3.86. The van der Waals surface area contributed by atoms with Gasteiger partial charge in [0.15, 0.2) is 9.84 Å². The highest BCUT2D eigenvalue weighted by Gasteiger charge is 2.36. The molecule has 1 unspecified atom stereocenters. The number of sulfone groups is 1. The van der Waals surface area contributed by atoms with E-state index in [-0.39, 0.29) is 22.9 Å². The minimum Gasteiger partial charge on any atom is -0.497 e. The molecule has 1 atom stereocenters. The van der Waals surface area contributed by atoms with Crippen molar-refractivity contribution in [1.82, 2.24) is 0 Å². The second-order valence-corrected chi connectivity index (χ2v) is 6.88. The fraction of sp³-hybridized carbons (Fsp3) is 0.500.